The number of nitrogen functional groups attached to an aromatic ring is 1. The standard InChI is InChI=1S/C24H24FN3O4/c1-13-2-9-20(14-3-5-16(25)6-4-14)28(13)21(29)10-15-12-24(22(30)27-23(31)32-24)19-8-7-17(26)11-18(15)19/h3-8,11,13,15,20H,2,9-10,12,26H2,1H3,(H,27,30,31)/t13-,15?,20-,24?/m0/s1. The molecule has 32 heavy (non-hydrogen) atoms. The molecule has 0 radical (unpaired) electrons. The topological polar surface area (TPSA) is 102 Å². The zero-order valence-corrected chi connectivity index (χ0v) is 17.6. The van der Waals surface area contributed by atoms with Crippen LogP contribution >= 0.6 is 0 Å². The summed E-state index contributed by atoms with van der Waals surface area (Å²) in [6.07, 6.45) is 1.22. The fraction of sp³-hybridized carbons (Fsp3) is 0.375. The predicted octanol–water partition coefficient (Wildman–Crippen LogP) is 3.50. The first-order valence-corrected chi connectivity index (χ1v) is 10.8. The number of rotatable bonds is 3. The number of fused-ring (bicyclic) bond motifs is 2. The fourth-order valence-corrected chi connectivity index (χ4v) is 5.50. The first kappa shape index (κ1) is 20.5. The Morgan fingerprint density at radius 1 is 1.22 bits per heavy atom. The predicted molar refractivity (Wildman–Crippen MR) is 114 cm³/mol. The summed E-state index contributed by atoms with van der Waals surface area (Å²) in [5.41, 5.74) is 7.33. The summed E-state index contributed by atoms with van der Waals surface area (Å²) >= 11 is 0. The molecule has 7 nitrogen and oxygen atoms in total. The molecule has 5 rings (SSSR count). The lowest BCUT2D eigenvalue weighted by Gasteiger charge is -2.30. The zero-order valence-electron chi connectivity index (χ0n) is 17.6. The number of carbonyl (C=O) groups is 3. The number of ether oxygens (including phenoxy) is 1. The van der Waals surface area contributed by atoms with Crippen molar-refractivity contribution >= 4 is 23.6 Å². The van der Waals surface area contributed by atoms with Gasteiger partial charge in [0.2, 0.25) is 11.5 Å². The van der Waals surface area contributed by atoms with Gasteiger partial charge < -0.3 is 15.4 Å². The molecule has 2 unspecified atom stereocenters. The lowest BCUT2D eigenvalue weighted by Crippen LogP contribution is -2.37. The van der Waals surface area contributed by atoms with E-state index in [2.05, 4.69) is 5.32 Å². The van der Waals surface area contributed by atoms with E-state index < -0.39 is 17.6 Å². The van der Waals surface area contributed by atoms with Crippen molar-refractivity contribution in [1.29, 1.82) is 0 Å². The van der Waals surface area contributed by atoms with Gasteiger partial charge in [-0.2, -0.15) is 0 Å². The van der Waals surface area contributed by atoms with Crippen molar-refractivity contribution in [1.82, 2.24) is 10.2 Å². The van der Waals surface area contributed by atoms with Crippen molar-refractivity contribution in [3.63, 3.8) is 0 Å². The van der Waals surface area contributed by atoms with Crippen molar-refractivity contribution in [3.05, 3.63) is 65.0 Å². The molecule has 3 aliphatic rings. The van der Waals surface area contributed by atoms with E-state index in [1.54, 1.807) is 30.3 Å². The number of benzene rings is 2. The maximum absolute atomic E-state index is 13.5. The molecule has 2 saturated heterocycles. The van der Waals surface area contributed by atoms with Gasteiger partial charge in [0.15, 0.2) is 0 Å². The van der Waals surface area contributed by atoms with Crippen LogP contribution in [0.5, 0.6) is 0 Å². The molecule has 1 spiro atoms. The molecule has 2 fully saturated rings. The highest BCUT2D eigenvalue weighted by atomic mass is 19.1. The molecular weight excluding hydrogens is 413 g/mol. The second-order valence-corrected chi connectivity index (χ2v) is 8.92. The minimum Gasteiger partial charge on any atom is -0.427 e. The van der Waals surface area contributed by atoms with Crippen LogP contribution in [-0.4, -0.2) is 28.8 Å². The van der Waals surface area contributed by atoms with Gasteiger partial charge in [-0.15, -0.1) is 0 Å². The van der Waals surface area contributed by atoms with Crippen LogP contribution in [0.3, 0.4) is 0 Å². The van der Waals surface area contributed by atoms with Crippen molar-refractivity contribution < 1.29 is 23.5 Å². The summed E-state index contributed by atoms with van der Waals surface area (Å²) < 4.78 is 18.8. The molecule has 166 valence electrons. The Morgan fingerprint density at radius 3 is 2.66 bits per heavy atom. The lowest BCUT2D eigenvalue weighted by molar-refractivity contribution is -0.136. The minimum atomic E-state index is -1.42. The number of amides is 3. The van der Waals surface area contributed by atoms with Gasteiger partial charge >= 0.3 is 6.09 Å². The third kappa shape index (κ3) is 3.13. The molecule has 8 heteroatoms. The number of nitrogens with one attached hydrogen (secondary N) is 1. The second-order valence-electron chi connectivity index (χ2n) is 8.92. The van der Waals surface area contributed by atoms with Gasteiger partial charge in [0.05, 0.1) is 6.04 Å². The molecule has 2 aliphatic heterocycles. The highest BCUT2D eigenvalue weighted by molar-refractivity contribution is 6.04. The Morgan fingerprint density at radius 2 is 1.97 bits per heavy atom. The van der Waals surface area contributed by atoms with Crippen LogP contribution in [0.15, 0.2) is 42.5 Å². The number of nitrogens with zero attached hydrogens (tertiary/aromatic N) is 1. The van der Waals surface area contributed by atoms with E-state index >= 15 is 0 Å². The maximum Gasteiger partial charge on any atom is 0.415 e. The van der Waals surface area contributed by atoms with Crippen molar-refractivity contribution in [2.24, 2.45) is 0 Å². The molecular formula is C24H24FN3O4. The number of nitrogens with two attached hydrogens (primary N) is 1. The van der Waals surface area contributed by atoms with E-state index in [1.165, 1.54) is 12.1 Å². The third-order valence-electron chi connectivity index (χ3n) is 6.97. The summed E-state index contributed by atoms with van der Waals surface area (Å²) in [6.45, 7) is 2.01. The molecule has 0 aromatic heterocycles. The van der Waals surface area contributed by atoms with Crippen LogP contribution in [0.4, 0.5) is 14.9 Å². The van der Waals surface area contributed by atoms with Crippen molar-refractivity contribution in [2.45, 2.75) is 56.2 Å². The van der Waals surface area contributed by atoms with E-state index in [1.807, 2.05) is 11.8 Å². The third-order valence-corrected chi connectivity index (χ3v) is 6.97. The summed E-state index contributed by atoms with van der Waals surface area (Å²) in [5.74, 6) is -1.20. The number of carbonyl (C=O) groups excluding carboxylic acids is 3. The van der Waals surface area contributed by atoms with Crippen LogP contribution in [-0.2, 0) is 19.9 Å². The lowest BCUT2D eigenvalue weighted by atomic mass is 9.93. The quantitative estimate of drug-likeness (QED) is 0.716. The first-order valence-electron chi connectivity index (χ1n) is 10.8. The summed E-state index contributed by atoms with van der Waals surface area (Å²) in [7, 11) is 0. The fourth-order valence-electron chi connectivity index (χ4n) is 5.50. The van der Waals surface area contributed by atoms with Crippen molar-refractivity contribution in [2.75, 3.05) is 5.73 Å². The molecule has 2 aromatic carbocycles. The average molecular weight is 437 g/mol. The number of hydrogen-bond donors (Lipinski definition) is 2. The SMILES string of the molecule is C[C@H]1CC[C@@H](c2ccc(F)cc2)N1C(=O)CC1CC2(OC(=O)NC2=O)c2ccc(N)cc21. The molecule has 3 amide bonds. The Labute approximate surface area is 184 Å². The number of imide groups is 1. The monoisotopic (exact) mass is 437 g/mol. The second kappa shape index (κ2) is 7.32. The number of hydrogen-bond acceptors (Lipinski definition) is 5. The summed E-state index contributed by atoms with van der Waals surface area (Å²) in [5, 5.41) is 2.22. The van der Waals surface area contributed by atoms with Crippen LogP contribution < -0.4 is 11.1 Å². The number of alkyl carbamates (subject to hydrolysis) is 1. The number of halogens is 1. The minimum absolute atomic E-state index is 0.0424. The Balaban J connectivity index is 1.44. The van der Waals surface area contributed by atoms with Crippen LogP contribution in [0, 0.1) is 5.82 Å². The van der Waals surface area contributed by atoms with Gasteiger partial charge in [-0.05, 0) is 61.1 Å². The molecule has 0 saturated carbocycles. The smallest absolute Gasteiger partial charge is 0.415 e. The number of anilines is 1. The van der Waals surface area contributed by atoms with Gasteiger partial charge in [0, 0.05) is 30.1 Å². The molecule has 2 heterocycles. The normalized spacial score (nSPS) is 28.7. The Bertz CT molecular complexity index is 1120. The van der Waals surface area contributed by atoms with E-state index in [0.29, 0.717) is 11.3 Å². The summed E-state index contributed by atoms with van der Waals surface area (Å²) in [4.78, 5) is 39.8. The Kier molecular flexibility index (Phi) is 4.69. The van der Waals surface area contributed by atoms with E-state index in [9.17, 15) is 18.8 Å². The van der Waals surface area contributed by atoms with E-state index in [-0.39, 0.29) is 42.6 Å². The van der Waals surface area contributed by atoms with Crippen LogP contribution in [0.1, 0.15) is 61.3 Å². The largest absolute Gasteiger partial charge is 0.427 e. The van der Waals surface area contributed by atoms with Gasteiger partial charge in [0.25, 0.3) is 5.91 Å². The molecule has 4 atom stereocenters. The van der Waals surface area contributed by atoms with Crippen molar-refractivity contribution in [3.8, 4) is 0 Å². The van der Waals surface area contributed by atoms with Crippen LogP contribution in [0.2, 0.25) is 0 Å². The average Bonchev–Trinajstić information content (AvgIpc) is 3.36. The maximum atomic E-state index is 13.5. The van der Waals surface area contributed by atoms with Crippen LogP contribution in [0.25, 0.3) is 0 Å². The van der Waals surface area contributed by atoms with Gasteiger partial charge in [-0.1, -0.05) is 18.2 Å². The van der Waals surface area contributed by atoms with Gasteiger partial charge in [0.1, 0.15) is 5.82 Å². The molecule has 3 N–H and O–H groups in total. The molecule has 1 aliphatic carbocycles. The zero-order chi connectivity index (χ0) is 22.6. The first-order chi connectivity index (χ1) is 15.3. The molecule has 0 bridgehead atoms. The van der Waals surface area contributed by atoms with Gasteiger partial charge in [-0.3, -0.25) is 14.9 Å². The van der Waals surface area contributed by atoms with E-state index in [4.69, 9.17) is 10.5 Å². The van der Waals surface area contributed by atoms with Gasteiger partial charge in [-0.25, -0.2) is 9.18 Å². The van der Waals surface area contributed by atoms with E-state index in [0.717, 1.165) is 24.0 Å². The highest BCUT2D eigenvalue weighted by Crippen LogP contribution is 2.51. The summed E-state index contributed by atoms with van der Waals surface area (Å²) in [6, 6.07) is 11.3. The highest BCUT2D eigenvalue weighted by Gasteiger charge is 2.57. The molecule has 2 aromatic rings. The number of likely N-dealkylation sites (tertiary alicyclic amines) is 1. The Hall–Kier alpha value is -3.42.